The molecule has 1 aromatic heterocycles. The van der Waals surface area contributed by atoms with Gasteiger partial charge in [-0.3, -0.25) is 0 Å². The van der Waals surface area contributed by atoms with Crippen molar-refractivity contribution in [3.8, 4) is 0 Å². The SMILES string of the molecule is CCNc1ccc(CSC(Cn2ccnc2)SCc2ccc(NCC)cc2)cc1. The molecule has 0 atom stereocenters. The highest BCUT2D eigenvalue weighted by atomic mass is 32.2. The van der Waals surface area contributed by atoms with Crippen LogP contribution in [0.15, 0.2) is 67.3 Å². The van der Waals surface area contributed by atoms with E-state index in [1.807, 2.05) is 42.2 Å². The molecule has 2 aromatic carbocycles. The van der Waals surface area contributed by atoms with Crippen molar-refractivity contribution in [2.75, 3.05) is 23.7 Å². The summed E-state index contributed by atoms with van der Waals surface area (Å²) in [6.45, 7) is 7.10. The number of nitrogens with zero attached hydrogens (tertiary/aromatic N) is 2. The molecule has 4 nitrogen and oxygen atoms in total. The Labute approximate surface area is 182 Å². The predicted molar refractivity (Wildman–Crippen MR) is 130 cm³/mol. The molecular weight excluding hydrogens is 396 g/mol. The van der Waals surface area contributed by atoms with Gasteiger partial charge in [0, 0.05) is 54.9 Å². The van der Waals surface area contributed by atoms with E-state index in [1.165, 1.54) is 22.5 Å². The van der Waals surface area contributed by atoms with Gasteiger partial charge in [0.1, 0.15) is 0 Å². The van der Waals surface area contributed by atoms with Crippen molar-refractivity contribution < 1.29 is 0 Å². The van der Waals surface area contributed by atoms with E-state index >= 15 is 0 Å². The number of hydrogen-bond donors (Lipinski definition) is 2. The zero-order valence-corrected chi connectivity index (χ0v) is 18.8. The first-order valence-corrected chi connectivity index (χ1v) is 12.2. The average Bonchev–Trinajstić information content (AvgIpc) is 3.26. The number of benzene rings is 2. The van der Waals surface area contributed by atoms with E-state index in [0.717, 1.165) is 31.1 Å². The molecule has 29 heavy (non-hydrogen) atoms. The Morgan fingerprint density at radius 1 is 0.828 bits per heavy atom. The van der Waals surface area contributed by atoms with Gasteiger partial charge in [-0.2, -0.15) is 0 Å². The second-order valence-corrected chi connectivity index (χ2v) is 9.45. The molecule has 2 N–H and O–H groups in total. The molecule has 3 rings (SSSR count). The van der Waals surface area contributed by atoms with E-state index in [2.05, 4.69) is 82.6 Å². The Morgan fingerprint density at radius 2 is 1.34 bits per heavy atom. The molecule has 0 radical (unpaired) electrons. The first-order chi connectivity index (χ1) is 14.3. The van der Waals surface area contributed by atoms with Crippen LogP contribution in [0.4, 0.5) is 11.4 Å². The van der Waals surface area contributed by atoms with Crippen LogP contribution in [0.2, 0.25) is 0 Å². The highest BCUT2D eigenvalue weighted by molar-refractivity contribution is 8.16. The minimum absolute atomic E-state index is 0.464. The lowest BCUT2D eigenvalue weighted by molar-refractivity contribution is 0.750. The van der Waals surface area contributed by atoms with Crippen LogP contribution >= 0.6 is 23.5 Å². The van der Waals surface area contributed by atoms with Crippen LogP contribution in [0.1, 0.15) is 25.0 Å². The Morgan fingerprint density at radius 3 is 1.76 bits per heavy atom. The third-order valence-electron chi connectivity index (χ3n) is 4.46. The van der Waals surface area contributed by atoms with E-state index in [1.54, 1.807) is 0 Å². The third kappa shape index (κ3) is 7.37. The summed E-state index contributed by atoms with van der Waals surface area (Å²) in [5.74, 6) is 2.02. The minimum atomic E-state index is 0.464. The van der Waals surface area contributed by atoms with Crippen molar-refractivity contribution in [3.05, 3.63) is 78.4 Å². The lowest BCUT2D eigenvalue weighted by atomic mass is 10.2. The van der Waals surface area contributed by atoms with Gasteiger partial charge in [0.15, 0.2) is 0 Å². The summed E-state index contributed by atoms with van der Waals surface area (Å²) in [6.07, 6.45) is 5.81. The summed E-state index contributed by atoms with van der Waals surface area (Å²) in [5.41, 5.74) is 5.10. The molecular formula is C23H30N4S2. The first kappa shape index (κ1) is 21.7. The minimum Gasteiger partial charge on any atom is -0.385 e. The van der Waals surface area contributed by atoms with Crippen LogP contribution in [-0.4, -0.2) is 27.2 Å². The fraction of sp³-hybridized carbons (Fsp3) is 0.348. The number of nitrogens with one attached hydrogen (secondary N) is 2. The third-order valence-corrected chi connectivity index (χ3v) is 7.32. The molecule has 0 fully saturated rings. The second-order valence-electron chi connectivity index (χ2n) is 6.77. The van der Waals surface area contributed by atoms with Gasteiger partial charge < -0.3 is 15.2 Å². The van der Waals surface area contributed by atoms with Crippen molar-refractivity contribution in [2.24, 2.45) is 0 Å². The normalized spacial score (nSPS) is 11.0. The highest BCUT2D eigenvalue weighted by Crippen LogP contribution is 2.31. The number of hydrogen-bond acceptors (Lipinski definition) is 5. The van der Waals surface area contributed by atoms with E-state index in [-0.39, 0.29) is 0 Å². The maximum absolute atomic E-state index is 4.20. The number of imidazole rings is 1. The van der Waals surface area contributed by atoms with Crippen molar-refractivity contribution in [1.29, 1.82) is 0 Å². The molecule has 6 heteroatoms. The van der Waals surface area contributed by atoms with Gasteiger partial charge >= 0.3 is 0 Å². The summed E-state index contributed by atoms with van der Waals surface area (Å²) in [7, 11) is 0. The van der Waals surface area contributed by atoms with E-state index in [4.69, 9.17) is 0 Å². The fourth-order valence-corrected chi connectivity index (χ4v) is 5.43. The Balaban J connectivity index is 1.56. The Bertz CT molecular complexity index is 764. The number of thioether (sulfide) groups is 2. The van der Waals surface area contributed by atoms with Crippen LogP contribution in [0.5, 0.6) is 0 Å². The summed E-state index contributed by atoms with van der Waals surface area (Å²) in [4.78, 5) is 4.20. The number of aromatic nitrogens is 2. The highest BCUT2D eigenvalue weighted by Gasteiger charge is 2.12. The topological polar surface area (TPSA) is 41.9 Å². The molecule has 1 heterocycles. The van der Waals surface area contributed by atoms with Gasteiger partial charge in [-0.05, 0) is 49.2 Å². The van der Waals surface area contributed by atoms with Crippen molar-refractivity contribution in [3.63, 3.8) is 0 Å². The number of rotatable bonds is 12. The zero-order chi connectivity index (χ0) is 20.3. The van der Waals surface area contributed by atoms with Gasteiger partial charge in [0.05, 0.1) is 10.9 Å². The first-order valence-electron chi connectivity index (χ1n) is 10.1. The largest absolute Gasteiger partial charge is 0.385 e. The molecule has 0 unspecified atom stereocenters. The molecule has 3 aromatic rings. The molecule has 0 saturated carbocycles. The van der Waals surface area contributed by atoms with E-state index < -0.39 is 0 Å². The lowest BCUT2D eigenvalue weighted by Crippen LogP contribution is -2.09. The maximum Gasteiger partial charge on any atom is 0.0946 e. The molecule has 0 aliphatic rings. The van der Waals surface area contributed by atoms with Crippen molar-refractivity contribution >= 4 is 34.9 Å². The van der Waals surface area contributed by atoms with Gasteiger partial charge in [-0.1, -0.05) is 24.3 Å². The van der Waals surface area contributed by atoms with Crippen molar-refractivity contribution in [2.45, 2.75) is 36.5 Å². The summed E-state index contributed by atoms with van der Waals surface area (Å²) in [6, 6.07) is 17.6. The quantitative estimate of drug-likeness (QED) is 0.351. The van der Waals surface area contributed by atoms with Crippen LogP contribution in [0, 0.1) is 0 Å². The van der Waals surface area contributed by atoms with Gasteiger partial charge in [-0.25, -0.2) is 4.98 Å². The Kier molecular flexibility index (Phi) is 8.83. The average molecular weight is 427 g/mol. The standard InChI is InChI=1S/C23H30N4S2/c1-3-25-21-9-5-19(6-10-21)16-28-23(15-27-14-13-24-18-27)29-17-20-7-11-22(12-8-20)26-4-2/h5-14,18,23,25-26H,3-4,15-17H2,1-2H3. The molecule has 154 valence electrons. The molecule has 0 aliphatic carbocycles. The summed E-state index contributed by atoms with van der Waals surface area (Å²) < 4.78 is 2.64. The van der Waals surface area contributed by atoms with Crippen LogP contribution in [0.25, 0.3) is 0 Å². The molecule has 0 amide bonds. The monoisotopic (exact) mass is 426 g/mol. The summed E-state index contributed by atoms with van der Waals surface area (Å²) >= 11 is 4.01. The van der Waals surface area contributed by atoms with Gasteiger partial charge in [-0.15, -0.1) is 23.5 Å². The zero-order valence-electron chi connectivity index (χ0n) is 17.2. The number of anilines is 2. The lowest BCUT2D eigenvalue weighted by Gasteiger charge is -2.17. The van der Waals surface area contributed by atoms with E-state index in [0.29, 0.717) is 4.58 Å². The second kappa shape index (κ2) is 11.8. The molecule has 0 saturated heterocycles. The molecule has 0 spiro atoms. The van der Waals surface area contributed by atoms with E-state index in [9.17, 15) is 0 Å². The smallest absolute Gasteiger partial charge is 0.0946 e. The van der Waals surface area contributed by atoms with Crippen LogP contribution in [0.3, 0.4) is 0 Å². The van der Waals surface area contributed by atoms with Crippen molar-refractivity contribution in [1.82, 2.24) is 9.55 Å². The fourth-order valence-electron chi connectivity index (χ4n) is 2.94. The Hall–Kier alpha value is -2.05. The maximum atomic E-state index is 4.20. The van der Waals surface area contributed by atoms with Crippen LogP contribution < -0.4 is 10.6 Å². The predicted octanol–water partition coefficient (Wildman–Crippen LogP) is 5.94. The van der Waals surface area contributed by atoms with Gasteiger partial charge in [0.25, 0.3) is 0 Å². The van der Waals surface area contributed by atoms with Crippen LogP contribution in [-0.2, 0) is 18.1 Å². The summed E-state index contributed by atoms with van der Waals surface area (Å²) in [5, 5.41) is 6.71. The molecule has 0 bridgehead atoms. The molecule has 0 aliphatic heterocycles. The van der Waals surface area contributed by atoms with Gasteiger partial charge in [0.2, 0.25) is 0 Å².